The van der Waals surface area contributed by atoms with Crippen molar-refractivity contribution in [2.75, 3.05) is 12.3 Å². The fourth-order valence-corrected chi connectivity index (χ4v) is 1.93. The second-order valence-corrected chi connectivity index (χ2v) is 4.00. The maximum Gasteiger partial charge on any atom is 0.240 e. The minimum absolute atomic E-state index is 0.311. The molecule has 1 heterocycles. The maximum absolute atomic E-state index is 5.77. The van der Waals surface area contributed by atoms with Crippen molar-refractivity contribution in [2.24, 2.45) is 0 Å². The summed E-state index contributed by atoms with van der Waals surface area (Å²) in [7, 11) is 0. The highest BCUT2D eigenvalue weighted by Crippen LogP contribution is 2.26. The van der Waals surface area contributed by atoms with E-state index in [0.717, 1.165) is 12.8 Å². The average molecular weight is 222 g/mol. The Labute approximate surface area is 95.8 Å². The second-order valence-electron chi connectivity index (χ2n) is 4.00. The molecule has 2 N–H and O–H groups in total. The summed E-state index contributed by atoms with van der Waals surface area (Å²) in [5.41, 5.74) is 6.30. The Morgan fingerprint density at radius 3 is 2.81 bits per heavy atom. The van der Waals surface area contributed by atoms with Crippen LogP contribution in [0.25, 0.3) is 0 Å². The Morgan fingerprint density at radius 1 is 1.38 bits per heavy atom. The first-order chi connectivity index (χ1) is 7.79. The molecule has 0 spiro atoms. The van der Waals surface area contributed by atoms with Gasteiger partial charge in [-0.1, -0.05) is 0 Å². The van der Waals surface area contributed by atoms with E-state index in [9.17, 15) is 0 Å². The lowest BCUT2D eigenvalue weighted by molar-refractivity contribution is 0.198. The third kappa shape index (κ3) is 2.56. The zero-order valence-corrected chi connectivity index (χ0v) is 9.61. The van der Waals surface area contributed by atoms with E-state index in [4.69, 9.17) is 15.2 Å². The van der Waals surface area contributed by atoms with Crippen molar-refractivity contribution in [3.05, 3.63) is 12.1 Å². The molecule has 0 bridgehead atoms. The molecule has 1 aromatic heterocycles. The van der Waals surface area contributed by atoms with Crippen LogP contribution >= 0.6 is 0 Å². The molecule has 88 valence electrons. The van der Waals surface area contributed by atoms with Crippen LogP contribution < -0.4 is 15.2 Å². The lowest BCUT2D eigenvalue weighted by Gasteiger charge is -2.13. The van der Waals surface area contributed by atoms with E-state index in [1.54, 1.807) is 12.1 Å². The van der Waals surface area contributed by atoms with Crippen molar-refractivity contribution < 1.29 is 9.47 Å². The molecule has 0 unspecified atom stereocenters. The number of hydrogen-bond acceptors (Lipinski definition) is 4. The van der Waals surface area contributed by atoms with Gasteiger partial charge in [-0.3, -0.25) is 0 Å². The zero-order valence-electron chi connectivity index (χ0n) is 9.61. The van der Waals surface area contributed by atoms with Gasteiger partial charge >= 0.3 is 0 Å². The molecular weight excluding hydrogens is 204 g/mol. The highest BCUT2D eigenvalue weighted by Gasteiger charge is 2.17. The molecule has 1 aliphatic rings. The van der Waals surface area contributed by atoms with E-state index >= 15 is 0 Å². The molecule has 0 radical (unpaired) electrons. The number of anilines is 1. The Balaban J connectivity index is 2.05. The van der Waals surface area contributed by atoms with Crippen molar-refractivity contribution in [3.63, 3.8) is 0 Å². The third-order valence-corrected chi connectivity index (χ3v) is 2.73. The fourth-order valence-electron chi connectivity index (χ4n) is 1.93. The molecule has 0 atom stereocenters. The number of ether oxygens (including phenoxy) is 2. The van der Waals surface area contributed by atoms with Crippen LogP contribution in [-0.2, 0) is 0 Å². The molecule has 16 heavy (non-hydrogen) atoms. The minimum Gasteiger partial charge on any atom is -0.476 e. The second kappa shape index (κ2) is 5.05. The van der Waals surface area contributed by atoms with Gasteiger partial charge in [0.2, 0.25) is 11.8 Å². The molecule has 0 saturated heterocycles. The van der Waals surface area contributed by atoms with Crippen molar-refractivity contribution in [2.45, 2.75) is 38.7 Å². The van der Waals surface area contributed by atoms with Crippen molar-refractivity contribution >= 4 is 5.69 Å². The van der Waals surface area contributed by atoms with Gasteiger partial charge in [0.1, 0.15) is 6.10 Å². The summed E-state index contributed by atoms with van der Waals surface area (Å²) in [4.78, 5) is 4.26. The topological polar surface area (TPSA) is 57.4 Å². The van der Waals surface area contributed by atoms with Crippen LogP contribution in [0.5, 0.6) is 11.8 Å². The van der Waals surface area contributed by atoms with Crippen molar-refractivity contribution in [1.82, 2.24) is 4.98 Å². The van der Waals surface area contributed by atoms with Crippen molar-refractivity contribution in [1.29, 1.82) is 0 Å². The van der Waals surface area contributed by atoms with E-state index in [1.807, 2.05) is 6.92 Å². The van der Waals surface area contributed by atoms with E-state index in [2.05, 4.69) is 4.98 Å². The molecule has 1 fully saturated rings. The predicted octanol–water partition coefficient (Wildman–Crippen LogP) is 2.38. The van der Waals surface area contributed by atoms with E-state index in [-0.39, 0.29) is 0 Å². The highest BCUT2D eigenvalue weighted by atomic mass is 16.5. The Morgan fingerprint density at radius 2 is 2.12 bits per heavy atom. The largest absolute Gasteiger partial charge is 0.476 e. The number of nitrogens with zero attached hydrogens (tertiary/aromatic N) is 1. The molecule has 4 heteroatoms. The Bertz CT molecular complexity index is 349. The number of rotatable bonds is 4. The summed E-state index contributed by atoms with van der Waals surface area (Å²) in [6, 6.07) is 3.58. The van der Waals surface area contributed by atoms with Gasteiger partial charge < -0.3 is 15.2 Å². The monoisotopic (exact) mass is 222 g/mol. The quantitative estimate of drug-likeness (QED) is 0.849. The summed E-state index contributed by atoms with van der Waals surface area (Å²) in [5.74, 6) is 1.09. The van der Waals surface area contributed by atoms with Gasteiger partial charge in [-0.2, -0.15) is 4.98 Å². The molecule has 0 amide bonds. The number of nitrogens with two attached hydrogens (primary N) is 1. The number of aromatic nitrogens is 1. The molecule has 1 saturated carbocycles. The van der Waals surface area contributed by atoms with E-state index in [1.165, 1.54) is 12.8 Å². The summed E-state index contributed by atoms with van der Waals surface area (Å²) in [5, 5.41) is 0. The van der Waals surface area contributed by atoms with Gasteiger partial charge in [-0.05, 0) is 38.7 Å². The van der Waals surface area contributed by atoms with Gasteiger partial charge in [0, 0.05) is 6.07 Å². The maximum atomic E-state index is 5.77. The standard InChI is InChI=1S/C12H18N2O2/c1-2-15-12-10(13)7-8-11(14-12)16-9-5-3-4-6-9/h7-9H,2-6,13H2,1H3. The van der Waals surface area contributed by atoms with Gasteiger partial charge in [-0.15, -0.1) is 0 Å². The summed E-state index contributed by atoms with van der Waals surface area (Å²) in [6.07, 6.45) is 5.05. The first-order valence-corrected chi connectivity index (χ1v) is 5.85. The summed E-state index contributed by atoms with van der Waals surface area (Å²) >= 11 is 0. The fraction of sp³-hybridized carbons (Fsp3) is 0.583. The lowest BCUT2D eigenvalue weighted by atomic mass is 10.3. The van der Waals surface area contributed by atoms with Crippen LogP contribution in [0.2, 0.25) is 0 Å². The van der Waals surface area contributed by atoms with Crippen LogP contribution in [0.1, 0.15) is 32.6 Å². The van der Waals surface area contributed by atoms with Crippen LogP contribution in [0.4, 0.5) is 5.69 Å². The predicted molar refractivity (Wildman–Crippen MR) is 62.7 cm³/mol. The number of pyridine rings is 1. The first kappa shape index (κ1) is 11.0. The van der Waals surface area contributed by atoms with Crippen LogP contribution in [0.3, 0.4) is 0 Å². The Kier molecular flexibility index (Phi) is 3.49. The van der Waals surface area contributed by atoms with Crippen molar-refractivity contribution in [3.8, 4) is 11.8 Å². The van der Waals surface area contributed by atoms with Gasteiger partial charge in [0.15, 0.2) is 0 Å². The molecule has 0 aliphatic heterocycles. The average Bonchev–Trinajstić information content (AvgIpc) is 2.76. The smallest absolute Gasteiger partial charge is 0.240 e. The van der Waals surface area contributed by atoms with E-state index in [0.29, 0.717) is 30.2 Å². The van der Waals surface area contributed by atoms with Crippen LogP contribution in [0, 0.1) is 0 Å². The van der Waals surface area contributed by atoms with Gasteiger partial charge in [0.05, 0.1) is 12.3 Å². The van der Waals surface area contributed by atoms with Crippen LogP contribution in [-0.4, -0.2) is 17.7 Å². The van der Waals surface area contributed by atoms with Gasteiger partial charge in [-0.25, -0.2) is 0 Å². The summed E-state index contributed by atoms with van der Waals surface area (Å²) < 4.78 is 11.1. The molecule has 1 aliphatic carbocycles. The molecular formula is C12H18N2O2. The third-order valence-electron chi connectivity index (χ3n) is 2.73. The number of nitrogen functional groups attached to an aromatic ring is 1. The molecule has 4 nitrogen and oxygen atoms in total. The summed E-state index contributed by atoms with van der Waals surface area (Å²) in [6.45, 7) is 2.47. The van der Waals surface area contributed by atoms with Crippen LogP contribution in [0.15, 0.2) is 12.1 Å². The van der Waals surface area contributed by atoms with Gasteiger partial charge in [0.25, 0.3) is 0 Å². The minimum atomic E-state index is 0.311. The molecule has 0 aromatic carbocycles. The number of hydrogen-bond donors (Lipinski definition) is 1. The Hall–Kier alpha value is -1.45. The molecule has 2 rings (SSSR count). The normalized spacial score (nSPS) is 16.3. The zero-order chi connectivity index (χ0) is 11.4. The SMILES string of the molecule is CCOc1nc(OC2CCCC2)ccc1N. The first-order valence-electron chi connectivity index (χ1n) is 5.85. The van der Waals surface area contributed by atoms with E-state index < -0.39 is 0 Å². The molecule has 1 aromatic rings. The lowest BCUT2D eigenvalue weighted by Crippen LogP contribution is -2.12. The highest BCUT2D eigenvalue weighted by molar-refractivity contribution is 5.49.